The van der Waals surface area contributed by atoms with Gasteiger partial charge in [0, 0.05) is 17.9 Å². The van der Waals surface area contributed by atoms with Gasteiger partial charge in [0.05, 0.1) is 18.7 Å². The molecular weight excluding hydrogens is 318 g/mol. The molecule has 0 bridgehead atoms. The van der Waals surface area contributed by atoms with Gasteiger partial charge in [0.1, 0.15) is 5.82 Å². The third-order valence-corrected chi connectivity index (χ3v) is 3.29. The van der Waals surface area contributed by atoms with E-state index in [1.54, 1.807) is 31.3 Å². The Bertz CT molecular complexity index is 729. The Morgan fingerprint density at radius 2 is 1.84 bits per heavy atom. The van der Waals surface area contributed by atoms with Crippen molar-refractivity contribution < 1.29 is 9.59 Å². The minimum atomic E-state index is -0.318. The van der Waals surface area contributed by atoms with Crippen LogP contribution in [0, 0.1) is 6.92 Å². The van der Waals surface area contributed by atoms with E-state index in [4.69, 9.17) is 0 Å². The predicted molar refractivity (Wildman–Crippen MR) is 96.1 cm³/mol. The minimum absolute atomic E-state index is 0.0198. The summed E-state index contributed by atoms with van der Waals surface area (Å²) in [5, 5.41) is 8.33. The molecule has 0 fully saturated rings. The third kappa shape index (κ3) is 6.58. The van der Waals surface area contributed by atoms with Gasteiger partial charge in [0.2, 0.25) is 5.91 Å². The zero-order chi connectivity index (χ0) is 18.2. The fourth-order valence-electron chi connectivity index (χ4n) is 2.21. The number of carbonyl (C=O) groups is 2. The molecule has 0 saturated carbocycles. The number of hydrogen-bond acceptors (Lipinski definition) is 4. The summed E-state index contributed by atoms with van der Waals surface area (Å²) in [5.74, 6) is 0.644. The van der Waals surface area contributed by atoms with Crippen LogP contribution in [0.1, 0.15) is 30.9 Å². The van der Waals surface area contributed by atoms with E-state index >= 15 is 0 Å². The number of hydrogen-bond donors (Lipinski definition) is 3. The molecule has 0 radical (unpaired) electrons. The average Bonchev–Trinajstić information content (AvgIpc) is 2.54. The van der Waals surface area contributed by atoms with Crippen molar-refractivity contribution in [1.29, 1.82) is 0 Å². The number of aryl methyl sites for hydroxylation is 1. The lowest BCUT2D eigenvalue weighted by molar-refractivity contribution is -0.120. The van der Waals surface area contributed by atoms with E-state index < -0.39 is 0 Å². The third-order valence-electron chi connectivity index (χ3n) is 3.29. The highest BCUT2D eigenvalue weighted by molar-refractivity contribution is 5.89. The van der Waals surface area contributed by atoms with E-state index in [1.165, 1.54) is 0 Å². The van der Waals surface area contributed by atoms with Gasteiger partial charge in [-0.2, -0.15) is 0 Å². The van der Waals surface area contributed by atoms with Gasteiger partial charge in [-0.3, -0.25) is 4.79 Å². The molecule has 0 aliphatic rings. The van der Waals surface area contributed by atoms with E-state index in [1.807, 2.05) is 26.0 Å². The quantitative estimate of drug-likeness (QED) is 0.750. The van der Waals surface area contributed by atoms with E-state index in [0.29, 0.717) is 24.5 Å². The maximum Gasteiger partial charge on any atom is 0.319 e. The van der Waals surface area contributed by atoms with Crippen molar-refractivity contribution in [3.63, 3.8) is 0 Å². The Morgan fingerprint density at radius 1 is 1.12 bits per heavy atom. The number of benzene rings is 1. The van der Waals surface area contributed by atoms with Crippen molar-refractivity contribution in [2.45, 2.75) is 39.8 Å². The van der Waals surface area contributed by atoms with Crippen LogP contribution in [0.4, 0.5) is 10.5 Å². The number of urea groups is 1. The summed E-state index contributed by atoms with van der Waals surface area (Å²) >= 11 is 0. The lowest BCUT2D eigenvalue weighted by Crippen LogP contribution is -2.31. The standard InChI is InChI=1S/C18H23N5O2/c1-12(2)21-17(24)10-14-4-6-15(7-5-14)23-18(25)20-11-16-8-9-19-13(3)22-16/h4-9,12H,10-11H2,1-3H3,(H,21,24)(H2,20,23,25). The second-order valence-corrected chi connectivity index (χ2v) is 6.00. The summed E-state index contributed by atoms with van der Waals surface area (Å²) < 4.78 is 0. The Labute approximate surface area is 147 Å². The summed E-state index contributed by atoms with van der Waals surface area (Å²) in [6.07, 6.45) is 1.98. The van der Waals surface area contributed by atoms with Crippen LogP contribution in [0.5, 0.6) is 0 Å². The second kappa shape index (κ2) is 8.77. The van der Waals surface area contributed by atoms with Gasteiger partial charge in [-0.1, -0.05) is 12.1 Å². The number of amides is 3. The molecule has 1 aromatic heterocycles. The molecule has 7 heteroatoms. The van der Waals surface area contributed by atoms with Crippen LogP contribution in [0.2, 0.25) is 0 Å². The highest BCUT2D eigenvalue weighted by Gasteiger charge is 2.06. The van der Waals surface area contributed by atoms with Gasteiger partial charge in [-0.25, -0.2) is 14.8 Å². The van der Waals surface area contributed by atoms with Crippen LogP contribution >= 0.6 is 0 Å². The molecule has 0 saturated heterocycles. The first-order valence-corrected chi connectivity index (χ1v) is 8.14. The fraction of sp³-hybridized carbons (Fsp3) is 0.333. The van der Waals surface area contributed by atoms with E-state index in [-0.39, 0.29) is 18.0 Å². The minimum Gasteiger partial charge on any atom is -0.354 e. The van der Waals surface area contributed by atoms with Crippen LogP contribution in [0.25, 0.3) is 0 Å². The first-order chi connectivity index (χ1) is 11.9. The van der Waals surface area contributed by atoms with Crippen molar-refractivity contribution in [2.75, 3.05) is 5.32 Å². The van der Waals surface area contributed by atoms with Crippen LogP contribution in [-0.2, 0) is 17.8 Å². The largest absolute Gasteiger partial charge is 0.354 e. The topological polar surface area (TPSA) is 96.0 Å². The molecular formula is C18H23N5O2. The number of carbonyl (C=O) groups excluding carboxylic acids is 2. The number of rotatable bonds is 6. The zero-order valence-corrected chi connectivity index (χ0v) is 14.7. The fourth-order valence-corrected chi connectivity index (χ4v) is 2.21. The smallest absolute Gasteiger partial charge is 0.319 e. The van der Waals surface area contributed by atoms with Crippen LogP contribution < -0.4 is 16.0 Å². The maximum atomic E-state index is 11.9. The number of nitrogens with one attached hydrogen (secondary N) is 3. The van der Waals surface area contributed by atoms with Crippen molar-refractivity contribution in [2.24, 2.45) is 0 Å². The Hall–Kier alpha value is -2.96. The second-order valence-electron chi connectivity index (χ2n) is 6.00. The van der Waals surface area contributed by atoms with Gasteiger partial charge < -0.3 is 16.0 Å². The Morgan fingerprint density at radius 3 is 2.48 bits per heavy atom. The molecule has 2 rings (SSSR count). The molecule has 0 aliphatic carbocycles. The van der Waals surface area contributed by atoms with E-state index in [9.17, 15) is 9.59 Å². The molecule has 132 valence electrons. The monoisotopic (exact) mass is 341 g/mol. The maximum absolute atomic E-state index is 11.9. The Kier molecular flexibility index (Phi) is 6.45. The summed E-state index contributed by atoms with van der Waals surface area (Å²) in [7, 11) is 0. The van der Waals surface area contributed by atoms with E-state index in [2.05, 4.69) is 25.9 Å². The summed E-state index contributed by atoms with van der Waals surface area (Å²) in [6, 6.07) is 8.74. The number of anilines is 1. The summed E-state index contributed by atoms with van der Waals surface area (Å²) in [6.45, 7) is 5.97. The molecule has 1 heterocycles. The van der Waals surface area contributed by atoms with Gasteiger partial charge in [0.15, 0.2) is 0 Å². The highest BCUT2D eigenvalue weighted by Crippen LogP contribution is 2.10. The highest BCUT2D eigenvalue weighted by atomic mass is 16.2. The van der Waals surface area contributed by atoms with Crippen molar-refractivity contribution in [1.82, 2.24) is 20.6 Å². The molecule has 2 aromatic rings. The predicted octanol–water partition coefficient (Wildman–Crippen LogP) is 2.17. The average molecular weight is 341 g/mol. The first-order valence-electron chi connectivity index (χ1n) is 8.14. The van der Waals surface area contributed by atoms with Gasteiger partial charge in [0.25, 0.3) is 0 Å². The molecule has 3 amide bonds. The van der Waals surface area contributed by atoms with Gasteiger partial charge >= 0.3 is 6.03 Å². The van der Waals surface area contributed by atoms with Crippen molar-refractivity contribution in [3.8, 4) is 0 Å². The lowest BCUT2D eigenvalue weighted by Gasteiger charge is -2.10. The van der Waals surface area contributed by atoms with E-state index in [0.717, 1.165) is 11.3 Å². The molecule has 0 spiro atoms. The van der Waals surface area contributed by atoms with Gasteiger partial charge in [-0.15, -0.1) is 0 Å². The number of nitrogens with zero attached hydrogens (tertiary/aromatic N) is 2. The van der Waals surface area contributed by atoms with Crippen molar-refractivity contribution >= 4 is 17.6 Å². The molecule has 0 atom stereocenters. The molecule has 3 N–H and O–H groups in total. The Balaban J connectivity index is 1.82. The molecule has 25 heavy (non-hydrogen) atoms. The number of aromatic nitrogens is 2. The van der Waals surface area contributed by atoms with Crippen LogP contribution in [0.15, 0.2) is 36.5 Å². The molecule has 1 aromatic carbocycles. The zero-order valence-electron chi connectivity index (χ0n) is 14.7. The van der Waals surface area contributed by atoms with Crippen molar-refractivity contribution in [3.05, 3.63) is 53.6 Å². The molecule has 7 nitrogen and oxygen atoms in total. The summed E-state index contributed by atoms with van der Waals surface area (Å²) in [5.41, 5.74) is 2.29. The SMILES string of the molecule is Cc1nccc(CNC(=O)Nc2ccc(CC(=O)NC(C)C)cc2)n1. The molecule has 0 unspecified atom stereocenters. The molecule has 0 aliphatic heterocycles. The van der Waals surface area contributed by atoms with Crippen LogP contribution in [-0.4, -0.2) is 27.9 Å². The summed E-state index contributed by atoms with van der Waals surface area (Å²) in [4.78, 5) is 31.9. The lowest BCUT2D eigenvalue weighted by atomic mass is 10.1. The van der Waals surface area contributed by atoms with Crippen LogP contribution in [0.3, 0.4) is 0 Å². The normalized spacial score (nSPS) is 10.4. The first kappa shape index (κ1) is 18.4. The van der Waals surface area contributed by atoms with Gasteiger partial charge in [-0.05, 0) is 44.5 Å².